The molecule has 2 aromatic rings. The van der Waals surface area contributed by atoms with E-state index in [1.165, 1.54) is 5.56 Å². The Balaban J connectivity index is 1.77. The summed E-state index contributed by atoms with van der Waals surface area (Å²) in [6, 6.07) is 10.0. The van der Waals surface area contributed by atoms with Crippen molar-refractivity contribution in [3.05, 3.63) is 47.7 Å². The first-order valence-electron chi connectivity index (χ1n) is 9.57. The topological polar surface area (TPSA) is 109 Å². The van der Waals surface area contributed by atoms with E-state index < -0.39 is 5.91 Å². The number of aliphatic hydroxyl groups excluding tert-OH is 1. The summed E-state index contributed by atoms with van der Waals surface area (Å²) in [5, 5.41) is 9.11. The van der Waals surface area contributed by atoms with Gasteiger partial charge in [-0.2, -0.15) is 0 Å². The smallest absolute Gasteiger partial charge is 0.252 e. The molecule has 0 unspecified atom stereocenters. The second-order valence-corrected chi connectivity index (χ2v) is 7.71. The van der Waals surface area contributed by atoms with Gasteiger partial charge in [0.25, 0.3) is 5.91 Å². The van der Waals surface area contributed by atoms with Crippen LogP contribution in [0.1, 0.15) is 29.8 Å². The quantitative estimate of drug-likeness (QED) is 0.693. The standard InChI is InChI=1S/C21H29N5O2/c1-21(2,26-9-7-25(8-10-26)11-12-27)17-5-3-15(4-6-17)16-13-18(20(23)28)19(22)24-14-16/h3-6,13-14,27H,7-12H2,1-2H3,(H2,22,24)(H2,23,28). The first-order valence-corrected chi connectivity index (χ1v) is 9.57. The molecule has 1 fully saturated rings. The predicted molar refractivity (Wildman–Crippen MR) is 111 cm³/mol. The van der Waals surface area contributed by atoms with Crippen molar-refractivity contribution >= 4 is 11.7 Å². The lowest BCUT2D eigenvalue weighted by molar-refractivity contribution is 0.0440. The maximum absolute atomic E-state index is 11.5. The maximum Gasteiger partial charge on any atom is 0.252 e. The van der Waals surface area contributed by atoms with Crippen LogP contribution in [0, 0.1) is 0 Å². The number of pyridine rings is 1. The van der Waals surface area contributed by atoms with Gasteiger partial charge in [0.15, 0.2) is 0 Å². The van der Waals surface area contributed by atoms with Gasteiger partial charge >= 0.3 is 0 Å². The minimum Gasteiger partial charge on any atom is -0.395 e. The minimum atomic E-state index is -0.579. The second kappa shape index (κ2) is 8.26. The summed E-state index contributed by atoms with van der Waals surface area (Å²) in [5.41, 5.74) is 14.2. The molecule has 1 aromatic heterocycles. The molecule has 1 aliphatic rings. The molecule has 2 heterocycles. The molecule has 0 saturated carbocycles. The lowest BCUT2D eigenvalue weighted by atomic mass is 9.90. The normalized spacial score (nSPS) is 16.2. The molecule has 7 heteroatoms. The number of primary amides is 1. The molecular weight excluding hydrogens is 354 g/mol. The van der Waals surface area contributed by atoms with Crippen LogP contribution >= 0.6 is 0 Å². The Labute approximate surface area is 166 Å². The third kappa shape index (κ3) is 4.16. The number of piperazine rings is 1. The van der Waals surface area contributed by atoms with Crippen LogP contribution in [0.4, 0.5) is 5.82 Å². The van der Waals surface area contributed by atoms with Gasteiger partial charge in [0.1, 0.15) is 5.82 Å². The number of nitrogens with zero attached hydrogens (tertiary/aromatic N) is 3. The highest BCUT2D eigenvalue weighted by atomic mass is 16.3. The largest absolute Gasteiger partial charge is 0.395 e. The SMILES string of the molecule is CC(C)(c1ccc(-c2cnc(N)c(C(N)=O)c2)cc1)N1CCN(CCO)CC1. The maximum atomic E-state index is 11.5. The molecule has 0 spiro atoms. The number of nitrogens with two attached hydrogens (primary N) is 2. The number of carbonyl (C=O) groups excluding carboxylic acids is 1. The van der Waals surface area contributed by atoms with Gasteiger partial charge in [-0.3, -0.25) is 14.6 Å². The zero-order valence-corrected chi connectivity index (χ0v) is 16.6. The lowest BCUT2D eigenvalue weighted by Gasteiger charge is -2.44. The Morgan fingerprint density at radius 1 is 1.14 bits per heavy atom. The van der Waals surface area contributed by atoms with E-state index in [-0.39, 0.29) is 23.5 Å². The first-order chi connectivity index (χ1) is 13.3. The summed E-state index contributed by atoms with van der Waals surface area (Å²) in [6.07, 6.45) is 1.66. The zero-order chi connectivity index (χ0) is 20.3. The van der Waals surface area contributed by atoms with Crippen molar-refractivity contribution in [1.29, 1.82) is 0 Å². The number of carbonyl (C=O) groups is 1. The average Bonchev–Trinajstić information content (AvgIpc) is 2.69. The zero-order valence-electron chi connectivity index (χ0n) is 16.6. The molecular formula is C21H29N5O2. The van der Waals surface area contributed by atoms with E-state index in [0.29, 0.717) is 0 Å². The van der Waals surface area contributed by atoms with Crippen molar-refractivity contribution < 1.29 is 9.90 Å². The molecule has 0 aliphatic carbocycles. The van der Waals surface area contributed by atoms with Gasteiger partial charge in [-0.25, -0.2) is 4.98 Å². The van der Waals surface area contributed by atoms with E-state index in [0.717, 1.165) is 43.9 Å². The number of aromatic nitrogens is 1. The Kier molecular flexibility index (Phi) is 5.98. The highest BCUT2D eigenvalue weighted by Crippen LogP contribution is 2.31. The lowest BCUT2D eigenvalue weighted by Crippen LogP contribution is -2.53. The van der Waals surface area contributed by atoms with Gasteiger partial charge in [-0.1, -0.05) is 24.3 Å². The number of anilines is 1. The van der Waals surface area contributed by atoms with E-state index in [4.69, 9.17) is 16.6 Å². The van der Waals surface area contributed by atoms with Gasteiger partial charge in [0.2, 0.25) is 0 Å². The monoisotopic (exact) mass is 383 g/mol. The highest BCUT2D eigenvalue weighted by molar-refractivity contribution is 5.98. The van der Waals surface area contributed by atoms with Crippen LogP contribution in [0.25, 0.3) is 11.1 Å². The van der Waals surface area contributed by atoms with E-state index in [9.17, 15) is 4.79 Å². The minimum absolute atomic E-state index is 0.0956. The summed E-state index contributed by atoms with van der Waals surface area (Å²) in [7, 11) is 0. The molecule has 1 amide bonds. The van der Waals surface area contributed by atoms with Crippen LogP contribution in [0.15, 0.2) is 36.5 Å². The summed E-state index contributed by atoms with van der Waals surface area (Å²) >= 11 is 0. The number of amides is 1. The number of benzene rings is 1. The third-order valence-corrected chi connectivity index (χ3v) is 5.69. The molecule has 3 rings (SSSR count). The van der Waals surface area contributed by atoms with Crippen molar-refractivity contribution in [3.8, 4) is 11.1 Å². The van der Waals surface area contributed by atoms with Crippen molar-refractivity contribution in [3.63, 3.8) is 0 Å². The Morgan fingerprint density at radius 2 is 1.79 bits per heavy atom. The van der Waals surface area contributed by atoms with E-state index >= 15 is 0 Å². The van der Waals surface area contributed by atoms with Crippen LogP contribution in [0.5, 0.6) is 0 Å². The van der Waals surface area contributed by atoms with Gasteiger partial charge < -0.3 is 16.6 Å². The molecule has 150 valence electrons. The third-order valence-electron chi connectivity index (χ3n) is 5.69. The van der Waals surface area contributed by atoms with E-state index in [2.05, 4.69) is 40.8 Å². The van der Waals surface area contributed by atoms with Crippen molar-refractivity contribution in [1.82, 2.24) is 14.8 Å². The molecule has 0 radical (unpaired) electrons. The van der Waals surface area contributed by atoms with E-state index in [1.54, 1.807) is 12.3 Å². The molecule has 28 heavy (non-hydrogen) atoms. The van der Waals surface area contributed by atoms with Crippen LogP contribution in [0.2, 0.25) is 0 Å². The van der Waals surface area contributed by atoms with Gasteiger partial charge in [-0.05, 0) is 31.0 Å². The Bertz CT molecular complexity index is 827. The fraction of sp³-hybridized carbons (Fsp3) is 0.429. The first kappa shape index (κ1) is 20.3. The van der Waals surface area contributed by atoms with Crippen molar-refractivity contribution in [2.24, 2.45) is 5.73 Å². The van der Waals surface area contributed by atoms with Crippen LogP contribution < -0.4 is 11.5 Å². The van der Waals surface area contributed by atoms with Gasteiger partial charge in [0, 0.05) is 50.0 Å². The van der Waals surface area contributed by atoms with Crippen LogP contribution in [-0.2, 0) is 5.54 Å². The molecule has 7 nitrogen and oxygen atoms in total. The summed E-state index contributed by atoms with van der Waals surface area (Å²) in [4.78, 5) is 20.4. The van der Waals surface area contributed by atoms with Gasteiger partial charge in [0.05, 0.1) is 12.2 Å². The Morgan fingerprint density at radius 3 is 2.36 bits per heavy atom. The fourth-order valence-corrected chi connectivity index (χ4v) is 3.76. The number of hydrogen-bond donors (Lipinski definition) is 3. The second-order valence-electron chi connectivity index (χ2n) is 7.71. The van der Waals surface area contributed by atoms with Crippen molar-refractivity contribution in [2.45, 2.75) is 19.4 Å². The highest BCUT2D eigenvalue weighted by Gasteiger charge is 2.31. The predicted octanol–water partition coefficient (Wildman–Crippen LogP) is 1.27. The average molecular weight is 383 g/mol. The molecule has 1 aliphatic heterocycles. The molecule has 1 aromatic carbocycles. The molecule has 1 saturated heterocycles. The summed E-state index contributed by atoms with van der Waals surface area (Å²) in [6.45, 7) is 9.30. The fourth-order valence-electron chi connectivity index (χ4n) is 3.76. The van der Waals surface area contributed by atoms with Crippen LogP contribution in [0.3, 0.4) is 0 Å². The number of nitrogen functional groups attached to an aromatic ring is 1. The number of rotatable bonds is 6. The molecule has 0 atom stereocenters. The summed E-state index contributed by atoms with van der Waals surface area (Å²) in [5.74, 6) is -0.431. The Hall–Kier alpha value is -2.48. The molecule has 0 bridgehead atoms. The number of aliphatic hydroxyl groups is 1. The molecule has 5 N–H and O–H groups in total. The van der Waals surface area contributed by atoms with Gasteiger partial charge in [-0.15, -0.1) is 0 Å². The number of hydrogen-bond acceptors (Lipinski definition) is 6. The van der Waals surface area contributed by atoms with E-state index in [1.807, 2.05) is 12.1 Å². The summed E-state index contributed by atoms with van der Waals surface area (Å²) < 4.78 is 0. The number of β-amino-alcohol motifs (C(OH)–C–C–N with tert-alkyl or cyclic N) is 1. The van der Waals surface area contributed by atoms with Crippen LogP contribution in [-0.4, -0.2) is 65.1 Å². The van der Waals surface area contributed by atoms with Crippen molar-refractivity contribution in [2.75, 3.05) is 45.1 Å².